The Kier molecular flexibility index (Phi) is 5.60. The topological polar surface area (TPSA) is 21.3 Å². The Labute approximate surface area is 141 Å². The highest BCUT2D eigenvalue weighted by molar-refractivity contribution is 6.35. The molecule has 0 atom stereocenters. The van der Waals surface area contributed by atoms with E-state index in [0.717, 1.165) is 11.3 Å². The van der Waals surface area contributed by atoms with E-state index in [1.54, 1.807) is 6.07 Å². The molecule has 2 nitrogen and oxygen atoms in total. The van der Waals surface area contributed by atoms with Crippen LogP contribution in [0.25, 0.3) is 0 Å². The van der Waals surface area contributed by atoms with Crippen LogP contribution in [0.15, 0.2) is 30.3 Å². The minimum atomic E-state index is 0.165. The molecule has 22 heavy (non-hydrogen) atoms. The molecule has 0 saturated heterocycles. The Bertz CT molecular complexity index is 720. The number of ether oxygens (including phenoxy) is 1. The maximum atomic E-state index is 6.20. The summed E-state index contributed by atoms with van der Waals surface area (Å²) in [6, 6.07) is 9.74. The standard InChI is InChI=1S/C18H17Cl2NO/c1-4-7-22-18-14(9-15(19)10-16(18)20)11-21-17-8-12(2)5-6-13(17)3/h1,5-6,8-10,21H,7,11H2,2-3H3. The molecule has 0 heterocycles. The van der Waals surface area contributed by atoms with E-state index in [-0.39, 0.29) is 6.61 Å². The largest absolute Gasteiger partial charge is 0.479 e. The summed E-state index contributed by atoms with van der Waals surface area (Å²) in [5.74, 6) is 3.01. The van der Waals surface area contributed by atoms with E-state index in [1.165, 1.54) is 11.1 Å². The summed E-state index contributed by atoms with van der Waals surface area (Å²) in [6.07, 6.45) is 5.25. The lowest BCUT2D eigenvalue weighted by atomic mass is 10.1. The van der Waals surface area contributed by atoms with E-state index in [2.05, 4.69) is 43.3 Å². The first-order valence-corrected chi connectivity index (χ1v) is 7.62. The van der Waals surface area contributed by atoms with Crippen LogP contribution < -0.4 is 10.1 Å². The summed E-state index contributed by atoms with van der Waals surface area (Å²) in [7, 11) is 0. The Morgan fingerprint density at radius 2 is 1.95 bits per heavy atom. The number of hydrogen-bond acceptors (Lipinski definition) is 2. The minimum Gasteiger partial charge on any atom is -0.479 e. The fourth-order valence-corrected chi connectivity index (χ4v) is 2.73. The Morgan fingerprint density at radius 3 is 2.68 bits per heavy atom. The average molecular weight is 334 g/mol. The molecule has 0 aliphatic rings. The van der Waals surface area contributed by atoms with Gasteiger partial charge in [0, 0.05) is 22.8 Å². The number of anilines is 1. The summed E-state index contributed by atoms with van der Waals surface area (Å²) in [5.41, 5.74) is 4.30. The van der Waals surface area contributed by atoms with Crippen molar-refractivity contribution in [2.75, 3.05) is 11.9 Å². The van der Waals surface area contributed by atoms with Crippen LogP contribution in [0.4, 0.5) is 5.69 Å². The van der Waals surface area contributed by atoms with Gasteiger partial charge >= 0.3 is 0 Å². The number of aryl methyl sites for hydroxylation is 2. The molecule has 0 aliphatic heterocycles. The first kappa shape index (κ1) is 16.5. The van der Waals surface area contributed by atoms with Crippen molar-refractivity contribution in [3.8, 4) is 18.1 Å². The normalized spacial score (nSPS) is 10.1. The van der Waals surface area contributed by atoms with Crippen molar-refractivity contribution in [1.82, 2.24) is 0 Å². The quantitative estimate of drug-likeness (QED) is 0.756. The summed E-state index contributed by atoms with van der Waals surface area (Å²) < 4.78 is 5.55. The van der Waals surface area contributed by atoms with Crippen LogP contribution >= 0.6 is 23.2 Å². The Balaban J connectivity index is 2.25. The molecule has 0 aromatic heterocycles. The highest BCUT2D eigenvalue weighted by atomic mass is 35.5. The number of halogens is 2. The molecular weight excluding hydrogens is 317 g/mol. The van der Waals surface area contributed by atoms with Gasteiger partial charge in [-0.25, -0.2) is 0 Å². The maximum Gasteiger partial charge on any atom is 0.148 e. The van der Waals surface area contributed by atoms with Gasteiger partial charge in [-0.3, -0.25) is 0 Å². The number of rotatable bonds is 5. The third kappa shape index (κ3) is 4.10. The third-order valence-electron chi connectivity index (χ3n) is 3.25. The zero-order valence-corrected chi connectivity index (χ0v) is 14.1. The summed E-state index contributed by atoms with van der Waals surface area (Å²) in [6.45, 7) is 4.83. The number of benzene rings is 2. The summed E-state index contributed by atoms with van der Waals surface area (Å²) in [5, 5.41) is 4.42. The van der Waals surface area contributed by atoms with Crippen molar-refractivity contribution in [2.45, 2.75) is 20.4 Å². The van der Waals surface area contributed by atoms with Gasteiger partial charge < -0.3 is 10.1 Å². The van der Waals surface area contributed by atoms with Crippen LogP contribution in [0, 0.1) is 26.2 Å². The summed E-state index contributed by atoms with van der Waals surface area (Å²) in [4.78, 5) is 0. The van der Waals surface area contributed by atoms with E-state index in [1.807, 2.05) is 6.07 Å². The van der Waals surface area contributed by atoms with Gasteiger partial charge in [-0.1, -0.05) is 41.3 Å². The molecule has 0 aliphatic carbocycles. The molecular formula is C18H17Cl2NO. The van der Waals surface area contributed by atoms with Gasteiger partial charge in [-0.05, 0) is 43.2 Å². The molecule has 2 aromatic carbocycles. The predicted molar refractivity (Wildman–Crippen MR) is 94.0 cm³/mol. The van der Waals surface area contributed by atoms with E-state index in [4.69, 9.17) is 34.4 Å². The molecule has 0 bridgehead atoms. The predicted octanol–water partition coefficient (Wildman–Crippen LogP) is 5.23. The summed E-state index contributed by atoms with van der Waals surface area (Å²) >= 11 is 12.3. The smallest absolute Gasteiger partial charge is 0.148 e. The van der Waals surface area contributed by atoms with Crippen LogP contribution in [-0.2, 0) is 6.54 Å². The first-order valence-electron chi connectivity index (χ1n) is 6.86. The lowest BCUT2D eigenvalue weighted by molar-refractivity contribution is 0.367. The van der Waals surface area contributed by atoms with Crippen molar-refractivity contribution < 1.29 is 4.74 Å². The second-order valence-corrected chi connectivity index (χ2v) is 5.88. The maximum absolute atomic E-state index is 6.20. The van der Waals surface area contributed by atoms with Crippen LogP contribution in [-0.4, -0.2) is 6.61 Å². The van der Waals surface area contributed by atoms with E-state index in [0.29, 0.717) is 22.3 Å². The van der Waals surface area contributed by atoms with Gasteiger partial charge in [-0.15, -0.1) is 6.42 Å². The van der Waals surface area contributed by atoms with Gasteiger partial charge in [0.1, 0.15) is 12.4 Å². The second kappa shape index (κ2) is 7.45. The van der Waals surface area contributed by atoms with E-state index >= 15 is 0 Å². The van der Waals surface area contributed by atoms with Crippen molar-refractivity contribution in [3.05, 3.63) is 57.1 Å². The fourth-order valence-electron chi connectivity index (χ4n) is 2.14. The molecule has 1 N–H and O–H groups in total. The number of nitrogens with one attached hydrogen (secondary N) is 1. The molecule has 0 saturated carbocycles. The van der Waals surface area contributed by atoms with E-state index < -0.39 is 0 Å². The van der Waals surface area contributed by atoms with Crippen molar-refractivity contribution in [3.63, 3.8) is 0 Å². The molecule has 114 valence electrons. The number of hydrogen-bond donors (Lipinski definition) is 1. The molecule has 0 fully saturated rings. The highest BCUT2D eigenvalue weighted by Crippen LogP contribution is 2.33. The molecule has 0 spiro atoms. The van der Waals surface area contributed by atoms with Gasteiger partial charge in [0.25, 0.3) is 0 Å². The number of terminal acetylenes is 1. The zero-order valence-electron chi connectivity index (χ0n) is 12.5. The lowest BCUT2D eigenvalue weighted by Crippen LogP contribution is -2.05. The fraction of sp³-hybridized carbons (Fsp3) is 0.222. The van der Waals surface area contributed by atoms with Gasteiger partial charge in [0.2, 0.25) is 0 Å². The molecule has 0 unspecified atom stereocenters. The van der Waals surface area contributed by atoms with Crippen molar-refractivity contribution in [1.29, 1.82) is 0 Å². The van der Waals surface area contributed by atoms with Crippen LogP contribution in [0.3, 0.4) is 0 Å². The molecule has 2 aromatic rings. The van der Waals surface area contributed by atoms with Gasteiger partial charge in [0.15, 0.2) is 0 Å². The lowest BCUT2D eigenvalue weighted by Gasteiger charge is -2.15. The van der Waals surface area contributed by atoms with Crippen molar-refractivity contribution >= 4 is 28.9 Å². The zero-order chi connectivity index (χ0) is 16.1. The SMILES string of the molecule is C#CCOc1c(Cl)cc(Cl)cc1CNc1cc(C)ccc1C. The van der Waals surface area contributed by atoms with Crippen molar-refractivity contribution in [2.24, 2.45) is 0 Å². The monoisotopic (exact) mass is 333 g/mol. The Hall–Kier alpha value is -1.82. The Morgan fingerprint density at radius 1 is 1.18 bits per heavy atom. The third-order valence-corrected chi connectivity index (χ3v) is 3.75. The van der Waals surface area contributed by atoms with Crippen LogP contribution in [0.2, 0.25) is 10.0 Å². The second-order valence-electron chi connectivity index (χ2n) is 5.04. The average Bonchev–Trinajstić information content (AvgIpc) is 2.47. The highest BCUT2D eigenvalue weighted by Gasteiger charge is 2.11. The molecule has 0 radical (unpaired) electrons. The van der Waals surface area contributed by atoms with Crippen LogP contribution in [0.1, 0.15) is 16.7 Å². The minimum absolute atomic E-state index is 0.165. The molecule has 4 heteroatoms. The first-order chi connectivity index (χ1) is 10.5. The van der Waals surface area contributed by atoms with Crippen LogP contribution in [0.5, 0.6) is 5.75 Å². The van der Waals surface area contributed by atoms with Gasteiger partial charge in [-0.2, -0.15) is 0 Å². The molecule has 0 amide bonds. The van der Waals surface area contributed by atoms with E-state index in [9.17, 15) is 0 Å². The van der Waals surface area contributed by atoms with Gasteiger partial charge in [0.05, 0.1) is 5.02 Å². The molecule has 2 rings (SSSR count).